The molecule has 1 saturated heterocycles. The third-order valence-corrected chi connectivity index (χ3v) is 6.20. The van der Waals surface area contributed by atoms with E-state index in [2.05, 4.69) is 27.0 Å². The van der Waals surface area contributed by atoms with Crippen molar-refractivity contribution in [1.82, 2.24) is 14.9 Å². The molecule has 0 radical (unpaired) electrons. The number of aromatic nitrogens is 2. The monoisotopic (exact) mass is 353 g/mol. The molecule has 1 aliphatic carbocycles. The smallest absolute Gasteiger partial charge is 0.233 e. The molecule has 138 valence electrons. The third-order valence-electron chi connectivity index (χ3n) is 6.20. The molecule has 0 spiro atoms. The second kappa shape index (κ2) is 7.14. The van der Waals surface area contributed by atoms with Gasteiger partial charge in [-0.1, -0.05) is 25.0 Å². The van der Waals surface area contributed by atoms with E-state index in [1.54, 1.807) is 7.11 Å². The van der Waals surface area contributed by atoms with E-state index in [1.807, 2.05) is 24.5 Å². The molecule has 1 aromatic heterocycles. The highest BCUT2D eigenvalue weighted by atomic mass is 16.5. The number of amides is 1. The van der Waals surface area contributed by atoms with Crippen LogP contribution in [0.3, 0.4) is 0 Å². The van der Waals surface area contributed by atoms with Gasteiger partial charge in [0.15, 0.2) is 0 Å². The summed E-state index contributed by atoms with van der Waals surface area (Å²) in [6.45, 7) is 1.64. The topological polar surface area (TPSA) is 58.2 Å². The van der Waals surface area contributed by atoms with Gasteiger partial charge in [0, 0.05) is 31.4 Å². The first-order valence-corrected chi connectivity index (χ1v) is 9.66. The minimum absolute atomic E-state index is 0.318. The van der Waals surface area contributed by atoms with Gasteiger partial charge in [0.1, 0.15) is 11.6 Å². The second-order valence-electron chi connectivity index (χ2n) is 7.56. The van der Waals surface area contributed by atoms with E-state index < -0.39 is 0 Å². The van der Waals surface area contributed by atoms with Crippen molar-refractivity contribution in [3.05, 3.63) is 48.0 Å². The van der Waals surface area contributed by atoms with Gasteiger partial charge < -0.3 is 14.6 Å². The summed E-state index contributed by atoms with van der Waals surface area (Å²) in [5.74, 6) is 2.66. The summed E-state index contributed by atoms with van der Waals surface area (Å²) < 4.78 is 5.28. The molecular formula is C21H27N3O2. The number of benzene rings is 1. The highest BCUT2D eigenvalue weighted by molar-refractivity contribution is 5.88. The van der Waals surface area contributed by atoms with E-state index in [9.17, 15) is 4.79 Å². The van der Waals surface area contributed by atoms with Crippen molar-refractivity contribution in [2.45, 2.75) is 49.9 Å². The Labute approximate surface area is 154 Å². The third kappa shape index (κ3) is 3.00. The van der Waals surface area contributed by atoms with Crippen LogP contribution in [0.4, 0.5) is 0 Å². The number of piperidine rings is 1. The number of aromatic amines is 1. The standard InChI is InChI=1S/C21H27N3O2/c1-26-18-6-4-17(5-7-18)21(10-2-3-11-21)20(25)24-14-8-16(9-15-24)19-22-12-13-23-19/h4-7,12-13,16H,2-3,8-11,14-15H2,1H3,(H,22,23). The van der Waals surface area contributed by atoms with E-state index in [0.29, 0.717) is 11.8 Å². The van der Waals surface area contributed by atoms with E-state index in [1.165, 1.54) is 0 Å². The molecule has 2 heterocycles. The molecule has 2 fully saturated rings. The zero-order valence-electron chi connectivity index (χ0n) is 15.4. The summed E-state index contributed by atoms with van der Waals surface area (Å²) in [7, 11) is 1.68. The van der Waals surface area contributed by atoms with Gasteiger partial charge in [0.2, 0.25) is 5.91 Å². The number of H-pyrrole nitrogens is 1. The number of hydrogen-bond acceptors (Lipinski definition) is 3. The summed E-state index contributed by atoms with van der Waals surface area (Å²) in [6, 6.07) is 8.12. The maximum atomic E-state index is 13.5. The number of rotatable bonds is 4. The molecule has 5 heteroatoms. The number of imidazole rings is 1. The fourth-order valence-electron chi connectivity index (χ4n) is 4.67. The van der Waals surface area contributed by atoms with Crippen LogP contribution in [0.15, 0.2) is 36.7 Å². The first kappa shape index (κ1) is 17.1. The van der Waals surface area contributed by atoms with Crippen molar-refractivity contribution in [2.75, 3.05) is 20.2 Å². The Morgan fingerprint density at radius 2 is 1.88 bits per heavy atom. The number of hydrogen-bond donors (Lipinski definition) is 1. The largest absolute Gasteiger partial charge is 0.497 e. The van der Waals surface area contributed by atoms with Crippen LogP contribution in [-0.4, -0.2) is 41.0 Å². The van der Waals surface area contributed by atoms with Crippen LogP contribution in [0, 0.1) is 0 Å². The Balaban J connectivity index is 1.51. The Bertz CT molecular complexity index is 725. The molecule has 1 aliphatic heterocycles. The minimum atomic E-state index is -0.343. The highest BCUT2D eigenvalue weighted by Gasteiger charge is 2.45. The summed E-state index contributed by atoms with van der Waals surface area (Å²) >= 11 is 0. The van der Waals surface area contributed by atoms with Gasteiger partial charge in [-0.05, 0) is 43.4 Å². The predicted molar refractivity (Wildman–Crippen MR) is 100 cm³/mol. The van der Waals surface area contributed by atoms with E-state index in [0.717, 1.165) is 68.8 Å². The molecule has 1 saturated carbocycles. The van der Waals surface area contributed by atoms with E-state index in [-0.39, 0.29) is 5.41 Å². The van der Waals surface area contributed by atoms with Gasteiger partial charge in [-0.3, -0.25) is 4.79 Å². The number of nitrogens with one attached hydrogen (secondary N) is 1. The molecule has 0 bridgehead atoms. The van der Waals surface area contributed by atoms with Crippen LogP contribution in [0.25, 0.3) is 0 Å². The fourth-order valence-corrected chi connectivity index (χ4v) is 4.67. The normalized spacial score (nSPS) is 20.3. The van der Waals surface area contributed by atoms with Gasteiger partial charge >= 0.3 is 0 Å². The van der Waals surface area contributed by atoms with Crippen molar-refractivity contribution in [3.8, 4) is 5.75 Å². The lowest BCUT2D eigenvalue weighted by Gasteiger charge is -2.38. The number of ether oxygens (including phenoxy) is 1. The lowest BCUT2D eigenvalue weighted by Crippen LogP contribution is -2.48. The summed E-state index contributed by atoms with van der Waals surface area (Å²) in [4.78, 5) is 23.3. The molecule has 0 atom stereocenters. The molecule has 2 aromatic rings. The molecule has 0 unspecified atom stereocenters. The number of nitrogens with zero attached hydrogens (tertiary/aromatic N) is 2. The average Bonchev–Trinajstić information content (AvgIpc) is 3.40. The summed E-state index contributed by atoms with van der Waals surface area (Å²) in [5.41, 5.74) is 0.804. The quantitative estimate of drug-likeness (QED) is 0.913. The zero-order chi connectivity index (χ0) is 18.0. The Hall–Kier alpha value is -2.30. The summed E-state index contributed by atoms with van der Waals surface area (Å²) in [5, 5.41) is 0. The van der Waals surface area contributed by atoms with Gasteiger partial charge in [-0.15, -0.1) is 0 Å². The number of methoxy groups -OCH3 is 1. The van der Waals surface area contributed by atoms with Gasteiger partial charge in [-0.2, -0.15) is 0 Å². The summed E-state index contributed by atoms with van der Waals surface area (Å²) in [6.07, 6.45) is 9.82. The van der Waals surface area contributed by atoms with Crippen molar-refractivity contribution in [3.63, 3.8) is 0 Å². The van der Waals surface area contributed by atoms with E-state index >= 15 is 0 Å². The molecule has 1 aromatic carbocycles. The molecular weight excluding hydrogens is 326 g/mol. The van der Waals surface area contributed by atoms with Crippen molar-refractivity contribution < 1.29 is 9.53 Å². The average molecular weight is 353 g/mol. The molecule has 26 heavy (non-hydrogen) atoms. The lowest BCUT2D eigenvalue weighted by atomic mass is 9.77. The van der Waals surface area contributed by atoms with Crippen molar-refractivity contribution in [2.24, 2.45) is 0 Å². The number of likely N-dealkylation sites (tertiary alicyclic amines) is 1. The molecule has 1 N–H and O–H groups in total. The van der Waals surface area contributed by atoms with Crippen molar-refractivity contribution >= 4 is 5.91 Å². The van der Waals surface area contributed by atoms with Crippen LogP contribution in [0.1, 0.15) is 55.8 Å². The predicted octanol–water partition coefficient (Wildman–Crippen LogP) is 3.64. The molecule has 2 aliphatic rings. The SMILES string of the molecule is COc1ccc(C2(C(=O)N3CCC(c4ncc[nH]4)CC3)CCCC2)cc1. The van der Waals surface area contributed by atoms with Gasteiger partial charge in [0.05, 0.1) is 12.5 Å². The second-order valence-corrected chi connectivity index (χ2v) is 7.56. The fraction of sp³-hybridized carbons (Fsp3) is 0.524. The number of carbonyl (C=O) groups is 1. The van der Waals surface area contributed by atoms with Gasteiger partial charge in [0.25, 0.3) is 0 Å². The maximum Gasteiger partial charge on any atom is 0.233 e. The van der Waals surface area contributed by atoms with Crippen LogP contribution >= 0.6 is 0 Å². The maximum absolute atomic E-state index is 13.5. The minimum Gasteiger partial charge on any atom is -0.497 e. The van der Waals surface area contributed by atoms with Crippen LogP contribution in [-0.2, 0) is 10.2 Å². The van der Waals surface area contributed by atoms with Crippen LogP contribution in [0.2, 0.25) is 0 Å². The Morgan fingerprint density at radius 3 is 2.46 bits per heavy atom. The Kier molecular flexibility index (Phi) is 4.70. The lowest BCUT2D eigenvalue weighted by molar-refractivity contribution is -0.138. The van der Waals surface area contributed by atoms with E-state index in [4.69, 9.17) is 4.74 Å². The molecule has 4 rings (SSSR count). The van der Waals surface area contributed by atoms with Crippen LogP contribution < -0.4 is 4.74 Å². The highest BCUT2D eigenvalue weighted by Crippen LogP contribution is 2.44. The molecule has 1 amide bonds. The number of carbonyl (C=O) groups excluding carboxylic acids is 1. The first-order valence-electron chi connectivity index (χ1n) is 9.66. The molecule has 5 nitrogen and oxygen atoms in total. The first-order chi connectivity index (χ1) is 12.7. The Morgan fingerprint density at radius 1 is 1.19 bits per heavy atom. The van der Waals surface area contributed by atoms with Gasteiger partial charge in [-0.25, -0.2) is 4.98 Å². The van der Waals surface area contributed by atoms with Crippen LogP contribution in [0.5, 0.6) is 5.75 Å². The van der Waals surface area contributed by atoms with Crippen molar-refractivity contribution in [1.29, 1.82) is 0 Å². The zero-order valence-corrected chi connectivity index (χ0v) is 15.4.